The zero-order chi connectivity index (χ0) is 17.1. The molecule has 24 heavy (non-hydrogen) atoms. The van der Waals surface area contributed by atoms with E-state index in [4.69, 9.17) is 4.74 Å². The number of carbonyl (C=O) groups is 1. The summed E-state index contributed by atoms with van der Waals surface area (Å²) < 4.78 is 5.69. The molecule has 124 valence electrons. The maximum absolute atomic E-state index is 12.1. The molecule has 1 N–H and O–H groups in total. The number of hydrogen-bond acceptors (Lipinski definition) is 6. The Morgan fingerprint density at radius 3 is 2.79 bits per heavy atom. The number of Topliss-reactive ketones (excluding diaryl/α,β-unsaturated/α-hetero) is 1. The monoisotopic (exact) mass is 342 g/mol. The van der Waals surface area contributed by atoms with Crippen molar-refractivity contribution in [2.45, 2.75) is 37.2 Å². The second kappa shape index (κ2) is 7.00. The first-order chi connectivity index (χ1) is 11.6. The molecule has 0 amide bonds. The largest absolute Gasteiger partial charge is 0.477 e. The molecule has 0 aliphatic rings. The molecule has 3 rings (SSSR count). The maximum Gasteiger partial charge on any atom is 0.227 e. The third-order valence-electron chi connectivity index (χ3n) is 3.51. The zero-order valence-corrected chi connectivity index (χ0v) is 14.6. The molecule has 3 aromatic rings. The van der Waals surface area contributed by atoms with Crippen LogP contribution in [0.15, 0.2) is 34.6 Å². The summed E-state index contributed by atoms with van der Waals surface area (Å²) in [5.41, 5.74) is 2.10. The highest BCUT2D eigenvalue weighted by Crippen LogP contribution is 2.33. The molecule has 0 bridgehead atoms. The van der Waals surface area contributed by atoms with Gasteiger partial charge < -0.3 is 9.72 Å². The minimum atomic E-state index is -0.0182. The Morgan fingerprint density at radius 1 is 1.33 bits per heavy atom. The lowest BCUT2D eigenvalue weighted by atomic mass is 10.1. The van der Waals surface area contributed by atoms with E-state index in [1.165, 1.54) is 11.8 Å². The van der Waals surface area contributed by atoms with E-state index in [1.54, 1.807) is 19.3 Å². The van der Waals surface area contributed by atoms with Crippen LogP contribution >= 0.6 is 11.8 Å². The molecule has 0 spiro atoms. The van der Waals surface area contributed by atoms with Gasteiger partial charge in [0.15, 0.2) is 10.9 Å². The van der Waals surface area contributed by atoms with Crippen LogP contribution in [-0.4, -0.2) is 32.3 Å². The van der Waals surface area contributed by atoms with Crippen molar-refractivity contribution in [2.24, 2.45) is 0 Å². The van der Waals surface area contributed by atoms with Gasteiger partial charge in [0.1, 0.15) is 5.65 Å². The molecule has 6 nitrogen and oxygen atoms in total. The number of pyridine rings is 1. The molecular weight excluding hydrogens is 324 g/mol. The SMILES string of the molecule is CCOc1nc(Sc2cccnc2)nc2[nH]c(CC)c(C(C)=O)c12. The number of aromatic nitrogens is 4. The highest BCUT2D eigenvalue weighted by Gasteiger charge is 2.21. The maximum atomic E-state index is 12.1. The standard InChI is InChI=1S/C17H18N4O2S/c1-4-12-13(10(3)22)14-15(19-12)20-17(21-16(14)23-5-2)24-11-7-6-8-18-9-11/h6-9H,4-5H2,1-3H3,(H,19,20,21). The van der Waals surface area contributed by atoms with Crippen molar-refractivity contribution in [1.82, 2.24) is 19.9 Å². The zero-order valence-electron chi connectivity index (χ0n) is 13.8. The van der Waals surface area contributed by atoms with Gasteiger partial charge in [0.2, 0.25) is 5.88 Å². The van der Waals surface area contributed by atoms with Crippen LogP contribution in [0.1, 0.15) is 36.8 Å². The summed E-state index contributed by atoms with van der Waals surface area (Å²) in [4.78, 5) is 29.4. The quantitative estimate of drug-likeness (QED) is 0.544. The summed E-state index contributed by atoms with van der Waals surface area (Å²) in [6.07, 6.45) is 4.19. The Morgan fingerprint density at radius 2 is 2.17 bits per heavy atom. The number of hydrogen-bond donors (Lipinski definition) is 1. The predicted molar refractivity (Wildman–Crippen MR) is 92.8 cm³/mol. The van der Waals surface area contributed by atoms with Gasteiger partial charge in [0.05, 0.1) is 17.6 Å². The van der Waals surface area contributed by atoms with Gasteiger partial charge in [-0.15, -0.1) is 0 Å². The molecule has 0 saturated heterocycles. The first kappa shape index (κ1) is 16.4. The molecule has 0 aromatic carbocycles. The lowest BCUT2D eigenvalue weighted by Crippen LogP contribution is -2.01. The molecule has 3 aromatic heterocycles. The Bertz CT molecular complexity index is 877. The van der Waals surface area contributed by atoms with E-state index in [9.17, 15) is 4.79 Å². The van der Waals surface area contributed by atoms with E-state index in [0.29, 0.717) is 40.7 Å². The first-order valence-electron chi connectivity index (χ1n) is 7.78. The summed E-state index contributed by atoms with van der Waals surface area (Å²) in [6, 6.07) is 3.81. The van der Waals surface area contributed by atoms with Crippen LogP contribution in [-0.2, 0) is 6.42 Å². The normalized spacial score (nSPS) is 11.0. The topological polar surface area (TPSA) is 80.8 Å². The van der Waals surface area contributed by atoms with E-state index in [-0.39, 0.29) is 5.78 Å². The molecule has 3 heterocycles. The Kier molecular flexibility index (Phi) is 4.80. The van der Waals surface area contributed by atoms with Crippen LogP contribution in [0.3, 0.4) is 0 Å². The summed E-state index contributed by atoms with van der Waals surface area (Å²) in [6.45, 7) is 5.90. The molecule has 0 atom stereocenters. The summed E-state index contributed by atoms with van der Waals surface area (Å²) in [5, 5.41) is 1.22. The number of nitrogens with zero attached hydrogens (tertiary/aromatic N) is 3. The van der Waals surface area contributed by atoms with E-state index in [2.05, 4.69) is 19.9 Å². The molecule has 0 unspecified atom stereocenters. The fourth-order valence-electron chi connectivity index (χ4n) is 2.55. The van der Waals surface area contributed by atoms with Crippen molar-refractivity contribution in [3.8, 4) is 5.88 Å². The summed E-state index contributed by atoms with van der Waals surface area (Å²) in [5.74, 6) is 0.422. The highest BCUT2D eigenvalue weighted by atomic mass is 32.2. The van der Waals surface area contributed by atoms with Crippen molar-refractivity contribution in [1.29, 1.82) is 0 Å². The molecule has 7 heteroatoms. The van der Waals surface area contributed by atoms with Gasteiger partial charge in [0, 0.05) is 23.0 Å². The first-order valence-corrected chi connectivity index (χ1v) is 8.59. The third-order valence-corrected chi connectivity index (χ3v) is 4.35. The van der Waals surface area contributed by atoms with Crippen LogP contribution < -0.4 is 4.74 Å². The second-order valence-corrected chi connectivity index (χ2v) is 6.19. The molecular formula is C17H18N4O2S. The smallest absolute Gasteiger partial charge is 0.227 e. The number of nitrogens with one attached hydrogen (secondary N) is 1. The average molecular weight is 342 g/mol. The summed E-state index contributed by atoms with van der Waals surface area (Å²) >= 11 is 1.40. The Labute approximate surface area is 144 Å². The van der Waals surface area contributed by atoms with Crippen LogP contribution in [0.4, 0.5) is 0 Å². The number of fused-ring (bicyclic) bond motifs is 1. The average Bonchev–Trinajstić information content (AvgIpc) is 2.95. The van der Waals surface area contributed by atoms with Gasteiger partial charge in [-0.25, -0.2) is 4.98 Å². The number of carbonyl (C=O) groups excluding carboxylic acids is 1. The summed E-state index contributed by atoms with van der Waals surface area (Å²) in [7, 11) is 0. The molecule has 0 saturated carbocycles. The number of rotatable bonds is 6. The number of ketones is 1. The highest BCUT2D eigenvalue weighted by molar-refractivity contribution is 7.99. The van der Waals surface area contributed by atoms with Gasteiger partial charge in [-0.2, -0.15) is 4.98 Å². The van der Waals surface area contributed by atoms with Crippen molar-refractivity contribution >= 4 is 28.6 Å². The number of H-pyrrole nitrogens is 1. The lowest BCUT2D eigenvalue weighted by molar-refractivity contribution is 0.101. The molecule has 0 fully saturated rings. The van der Waals surface area contributed by atoms with E-state index < -0.39 is 0 Å². The van der Waals surface area contributed by atoms with Crippen molar-refractivity contribution in [3.63, 3.8) is 0 Å². The second-order valence-electron chi connectivity index (χ2n) is 5.15. The van der Waals surface area contributed by atoms with Crippen molar-refractivity contribution in [3.05, 3.63) is 35.8 Å². The van der Waals surface area contributed by atoms with Crippen LogP contribution in [0, 0.1) is 0 Å². The van der Waals surface area contributed by atoms with Gasteiger partial charge in [-0.1, -0.05) is 6.92 Å². The Hall–Kier alpha value is -2.41. The van der Waals surface area contributed by atoms with Crippen LogP contribution in [0.5, 0.6) is 5.88 Å². The fraction of sp³-hybridized carbons (Fsp3) is 0.294. The number of aryl methyl sites for hydroxylation is 1. The molecule has 0 aliphatic carbocycles. The van der Waals surface area contributed by atoms with Gasteiger partial charge in [0.25, 0.3) is 0 Å². The van der Waals surface area contributed by atoms with Gasteiger partial charge in [-0.3, -0.25) is 9.78 Å². The van der Waals surface area contributed by atoms with Crippen LogP contribution in [0.25, 0.3) is 11.0 Å². The lowest BCUT2D eigenvalue weighted by Gasteiger charge is -2.07. The third kappa shape index (κ3) is 3.12. The fourth-order valence-corrected chi connectivity index (χ4v) is 3.28. The van der Waals surface area contributed by atoms with Crippen molar-refractivity contribution < 1.29 is 9.53 Å². The molecule has 0 aliphatic heterocycles. The van der Waals surface area contributed by atoms with Crippen molar-refractivity contribution in [2.75, 3.05) is 6.61 Å². The number of aromatic amines is 1. The number of ether oxygens (including phenoxy) is 1. The van der Waals surface area contributed by atoms with Crippen LogP contribution in [0.2, 0.25) is 0 Å². The predicted octanol–water partition coefficient (Wildman–Crippen LogP) is 3.67. The molecule has 0 radical (unpaired) electrons. The van der Waals surface area contributed by atoms with E-state index in [1.807, 2.05) is 26.0 Å². The Balaban J connectivity index is 2.15. The van der Waals surface area contributed by atoms with Gasteiger partial charge in [-0.05, 0) is 44.2 Å². The van der Waals surface area contributed by atoms with E-state index >= 15 is 0 Å². The van der Waals surface area contributed by atoms with Gasteiger partial charge >= 0.3 is 0 Å². The minimum Gasteiger partial charge on any atom is -0.477 e. The van der Waals surface area contributed by atoms with E-state index in [0.717, 1.165) is 10.6 Å². The minimum absolute atomic E-state index is 0.0182.